The Labute approximate surface area is 159 Å². The molecule has 1 aromatic carbocycles. The molecule has 2 N–H and O–H groups in total. The van der Waals surface area contributed by atoms with E-state index in [0.717, 1.165) is 17.3 Å². The van der Waals surface area contributed by atoms with Crippen LogP contribution in [0.4, 0.5) is 0 Å². The maximum atomic E-state index is 12.4. The molecule has 6 nitrogen and oxygen atoms in total. The highest BCUT2D eigenvalue weighted by Crippen LogP contribution is 2.32. The van der Waals surface area contributed by atoms with E-state index in [1.807, 2.05) is 0 Å². The molecule has 9 heteroatoms. The van der Waals surface area contributed by atoms with Crippen LogP contribution < -0.4 is 5.32 Å². The highest BCUT2D eigenvalue weighted by Gasteiger charge is 2.33. The number of nitrogens with one attached hydrogen (secondary N) is 1. The van der Waals surface area contributed by atoms with E-state index >= 15 is 0 Å². The van der Waals surface area contributed by atoms with Crippen LogP contribution in [0.15, 0.2) is 29.2 Å². The highest BCUT2D eigenvalue weighted by molar-refractivity contribution is 8.26. The van der Waals surface area contributed by atoms with Crippen molar-refractivity contribution in [3.63, 3.8) is 0 Å². The number of carboxylic acid groups (broad SMARTS) is 1. The van der Waals surface area contributed by atoms with Crippen LogP contribution in [-0.2, 0) is 14.4 Å². The van der Waals surface area contributed by atoms with Crippen molar-refractivity contribution in [2.24, 2.45) is 0 Å². The van der Waals surface area contributed by atoms with Crippen molar-refractivity contribution in [1.82, 2.24) is 10.2 Å². The first-order valence-electron chi connectivity index (χ1n) is 7.36. The molecule has 2 rings (SSSR count). The lowest BCUT2D eigenvalue weighted by molar-refractivity contribution is -0.137. The Morgan fingerprint density at radius 1 is 1.32 bits per heavy atom. The summed E-state index contributed by atoms with van der Waals surface area (Å²) in [5.41, 5.74) is 0.808. The van der Waals surface area contributed by atoms with Gasteiger partial charge >= 0.3 is 5.97 Å². The Kier molecular flexibility index (Phi) is 6.98. The van der Waals surface area contributed by atoms with Crippen LogP contribution in [0.1, 0.15) is 18.4 Å². The monoisotopic (exact) mass is 398 g/mol. The first-order valence-corrected chi connectivity index (χ1v) is 8.96. The molecule has 0 radical (unpaired) electrons. The summed E-state index contributed by atoms with van der Waals surface area (Å²) in [5, 5.41) is 11.7. The maximum absolute atomic E-state index is 12.4. The predicted octanol–water partition coefficient (Wildman–Crippen LogP) is 2.52. The van der Waals surface area contributed by atoms with E-state index in [4.69, 9.17) is 28.9 Å². The zero-order chi connectivity index (χ0) is 18.4. The molecule has 1 aromatic rings. The van der Waals surface area contributed by atoms with Crippen LogP contribution in [0.5, 0.6) is 0 Å². The topological polar surface area (TPSA) is 86.7 Å². The first-order chi connectivity index (χ1) is 11.9. The molecule has 0 atom stereocenters. The molecule has 1 aliphatic rings. The summed E-state index contributed by atoms with van der Waals surface area (Å²) in [6.45, 7) is 0.0518. The molecule has 0 aromatic heterocycles. The van der Waals surface area contributed by atoms with E-state index in [1.54, 1.807) is 30.3 Å². The second-order valence-electron chi connectivity index (χ2n) is 5.17. The fraction of sp³-hybridized carbons (Fsp3) is 0.250. The Morgan fingerprint density at radius 2 is 2.00 bits per heavy atom. The summed E-state index contributed by atoms with van der Waals surface area (Å²) in [4.78, 5) is 36.4. The van der Waals surface area contributed by atoms with Crippen molar-refractivity contribution in [3.8, 4) is 0 Å². The van der Waals surface area contributed by atoms with E-state index in [9.17, 15) is 14.4 Å². The number of thiocarbonyl (C=S) groups is 1. The quantitative estimate of drug-likeness (QED) is 0.417. The second-order valence-corrected chi connectivity index (χ2v) is 7.28. The molecule has 1 aliphatic heterocycles. The summed E-state index contributed by atoms with van der Waals surface area (Å²) >= 11 is 12.1. The van der Waals surface area contributed by atoms with Gasteiger partial charge in [0.15, 0.2) is 0 Å². The lowest BCUT2D eigenvalue weighted by atomic mass is 10.2. The van der Waals surface area contributed by atoms with E-state index in [2.05, 4.69) is 5.32 Å². The van der Waals surface area contributed by atoms with Crippen LogP contribution in [-0.4, -0.2) is 45.2 Å². The standard InChI is InChI=1S/C16H15ClN2O4S2/c17-11-5-3-10(4-6-11)8-12-15(23)19(16(24)25-12)9-13(20)18-7-1-2-14(21)22/h3-6,8H,1-2,7,9H2,(H,18,20)(H,21,22)/b12-8-. The third-order valence-electron chi connectivity index (χ3n) is 3.23. The van der Waals surface area contributed by atoms with Crippen molar-refractivity contribution in [1.29, 1.82) is 0 Å². The number of nitrogens with zero attached hydrogens (tertiary/aromatic N) is 1. The van der Waals surface area contributed by atoms with Crippen molar-refractivity contribution < 1.29 is 19.5 Å². The molecule has 25 heavy (non-hydrogen) atoms. The lowest BCUT2D eigenvalue weighted by Crippen LogP contribution is -2.39. The van der Waals surface area contributed by atoms with Gasteiger partial charge in [-0.15, -0.1) is 0 Å². The Bertz CT molecular complexity index is 734. The van der Waals surface area contributed by atoms with Crippen LogP contribution in [0.3, 0.4) is 0 Å². The van der Waals surface area contributed by atoms with Crippen LogP contribution >= 0.6 is 35.6 Å². The zero-order valence-corrected chi connectivity index (χ0v) is 15.4. The van der Waals surface area contributed by atoms with Crippen molar-refractivity contribution in [2.75, 3.05) is 13.1 Å². The zero-order valence-electron chi connectivity index (χ0n) is 13.0. The van der Waals surface area contributed by atoms with E-state index in [1.165, 1.54) is 4.90 Å². The van der Waals surface area contributed by atoms with Gasteiger partial charge in [-0.05, 0) is 30.2 Å². The molecule has 0 saturated carbocycles. The number of carboxylic acids is 1. The van der Waals surface area contributed by atoms with Gasteiger partial charge in [-0.2, -0.15) is 0 Å². The van der Waals surface area contributed by atoms with Gasteiger partial charge in [0.1, 0.15) is 10.9 Å². The van der Waals surface area contributed by atoms with Crippen LogP contribution in [0.25, 0.3) is 6.08 Å². The SMILES string of the molecule is O=C(O)CCCNC(=O)CN1C(=O)/C(=C/c2ccc(Cl)cc2)SC1=S. The normalized spacial score (nSPS) is 15.7. The fourth-order valence-corrected chi connectivity index (χ4v) is 3.39. The van der Waals surface area contributed by atoms with Gasteiger partial charge in [0, 0.05) is 18.0 Å². The molecule has 0 aliphatic carbocycles. The summed E-state index contributed by atoms with van der Waals surface area (Å²) in [7, 11) is 0. The lowest BCUT2D eigenvalue weighted by Gasteiger charge is -2.13. The molecule has 1 heterocycles. The van der Waals surface area contributed by atoms with Gasteiger partial charge in [-0.3, -0.25) is 19.3 Å². The molecule has 132 valence electrons. The molecule has 0 unspecified atom stereocenters. The van der Waals surface area contributed by atoms with E-state index in [0.29, 0.717) is 20.7 Å². The molecule has 0 spiro atoms. The smallest absolute Gasteiger partial charge is 0.303 e. The second kappa shape index (κ2) is 8.98. The van der Waals surface area contributed by atoms with Crippen molar-refractivity contribution in [2.45, 2.75) is 12.8 Å². The Hall–Kier alpha value is -1.90. The maximum Gasteiger partial charge on any atom is 0.303 e. The average molecular weight is 399 g/mol. The first kappa shape index (κ1) is 19.4. The predicted molar refractivity (Wildman–Crippen MR) is 101 cm³/mol. The Morgan fingerprint density at radius 3 is 2.64 bits per heavy atom. The fourth-order valence-electron chi connectivity index (χ4n) is 2.01. The number of aliphatic carboxylic acids is 1. The van der Waals surface area contributed by atoms with Gasteiger partial charge in [-0.25, -0.2) is 0 Å². The number of halogens is 1. The van der Waals surface area contributed by atoms with E-state index < -0.39 is 5.97 Å². The van der Waals surface area contributed by atoms with Gasteiger partial charge in [0.05, 0.1) is 4.91 Å². The number of hydrogen-bond donors (Lipinski definition) is 2. The number of thioether (sulfide) groups is 1. The largest absolute Gasteiger partial charge is 0.481 e. The molecule has 0 bridgehead atoms. The summed E-state index contributed by atoms with van der Waals surface area (Å²) in [6.07, 6.45) is 2.00. The number of benzene rings is 1. The van der Waals surface area contributed by atoms with Gasteiger partial charge in [0.2, 0.25) is 5.91 Å². The minimum absolute atomic E-state index is 0.0227. The Balaban J connectivity index is 1.93. The third kappa shape index (κ3) is 5.84. The molecule has 1 fully saturated rings. The summed E-state index contributed by atoms with van der Waals surface area (Å²) < 4.78 is 0.311. The third-order valence-corrected chi connectivity index (χ3v) is 4.86. The number of carbonyl (C=O) groups is 3. The van der Waals surface area contributed by atoms with Crippen molar-refractivity contribution in [3.05, 3.63) is 39.8 Å². The number of carbonyl (C=O) groups excluding carboxylic acids is 2. The molecular weight excluding hydrogens is 384 g/mol. The average Bonchev–Trinajstić information content (AvgIpc) is 2.81. The highest BCUT2D eigenvalue weighted by atomic mass is 35.5. The van der Waals surface area contributed by atoms with Gasteiger partial charge in [-0.1, -0.05) is 47.7 Å². The van der Waals surface area contributed by atoms with Gasteiger partial charge in [0.25, 0.3) is 5.91 Å². The van der Waals surface area contributed by atoms with Crippen molar-refractivity contribution >= 4 is 63.8 Å². The van der Waals surface area contributed by atoms with Crippen LogP contribution in [0.2, 0.25) is 5.02 Å². The number of amides is 2. The molecular formula is C16H15ClN2O4S2. The molecule has 2 amide bonds. The number of hydrogen-bond acceptors (Lipinski definition) is 5. The summed E-state index contributed by atoms with van der Waals surface area (Å²) in [5.74, 6) is -1.63. The minimum atomic E-state index is -0.918. The summed E-state index contributed by atoms with van der Waals surface area (Å²) in [6, 6.07) is 7.01. The minimum Gasteiger partial charge on any atom is -0.481 e. The number of rotatable bonds is 7. The van der Waals surface area contributed by atoms with Crippen LogP contribution in [0, 0.1) is 0 Å². The van der Waals surface area contributed by atoms with E-state index in [-0.39, 0.29) is 31.3 Å². The van der Waals surface area contributed by atoms with Gasteiger partial charge < -0.3 is 10.4 Å². The molecule has 1 saturated heterocycles.